The van der Waals surface area contributed by atoms with Crippen molar-refractivity contribution in [3.63, 3.8) is 0 Å². The number of carbonyl (C=O) groups is 4. The molecule has 8 nitrogen and oxygen atoms in total. The van der Waals surface area contributed by atoms with Crippen molar-refractivity contribution in [3.05, 3.63) is 0 Å². The van der Waals surface area contributed by atoms with E-state index in [9.17, 15) is 19.2 Å². The number of carbonyl (C=O) groups excluding carboxylic acids is 4. The van der Waals surface area contributed by atoms with Gasteiger partial charge in [-0.3, -0.25) is 0 Å². The maximum absolute atomic E-state index is 11.7. The Hall–Kier alpha value is -0.490. The maximum atomic E-state index is 11.7. The molecule has 13 heteroatoms. The van der Waals surface area contributed by atoms with Crippen molar-refractivity contribution >= 4 is 78.5 Å². The normalized spacial score (nSPS) is 11.4. The number of alkyl halides is 2. The number of ether oxygens (including phenoxy) is 4. The molecule has 0 unspecified atom stereocenters. The van der Waals surface area contributed by atoms with Gasteiger partial charge < -0.3 is 18.9 Å². The smallest absolute Gasteiger partial charge is 0.350 e. The van der Waals surface area contributed by atoms with Crippen LogP contribution < -0.4 is 0 Å². The van der Waals surface area contributed by atoms with Crippen LogP contribution in [0.3, 0.4) is 0 Å². The van der Waals surface area contributed by atoms with Gasteiger partial charge in [0, 0.05) is 0 Å². The monoisotopic (exact) mass is 426 g/mol. The first kappa shape index (κ1) is 22.5. The minimum absolute atomic E-state index is 0.468. The van der Waals surface area contributed by atoms with Gasteiger partial charge in [0.15, 0.2) is 0 Å². The highest BCUT2D eigenvalue weighted by molar-refractivity contribution is 9.10. The molecule has 0 amide bonds. The Balaban J connectivity index is 5.18. The van der Waals surface area contributed by atoms with E-state index in [1.165, 1.54) is 0 Å². The quantitative estimate of drug-likeness (QED) is 0.185. The lowest BCUT2D eigenvalue weighted by Crippen LogP contribution is -2.40. The van der Waals surface area contributed by atoms with Crippen LogP contribution in [0.5, 0.6) is 0 Å². The largest absolute Gasteiger partial charge is 0.467 e. The minimum atomic E-state index is -2.24. The summed E-state index contributed by atoms with van der Waals surface area (Å²) in [5.41, 5.74) is 0. The summed E-state index contributed by atoms with van der Waals surface area (Å²) in [7, 11) is 5.64. The molecule has 0 bridgehead atoms. The van der Waals surface area contributed by atoms with E-state index in [0.717, 1.165) is 28.4 Å². The van der Waals surface area contributed by atoms with E-state index in [1.54, 1.807) is 0 Å². The lowest BCUT2D eigenvalue weighted by molar-refractivity contribution is -0.153. The molecule has 0 aromatic rings. The van der Waals surface area contributed by atoms with E-state index in [0.29, 0.717) is 31.4 Å². The van der Waals surface area contributed by atoms with Gasteiger partial charge in [-0.05, 0) is 31.4 Å². The molecule has 0 N–H and O–H groups in total. The standard InChI is InChI=1S/C10H12Cl2O8S3/c1-17-5(13)9(11,6(14)18-2)21-23-22-10(12,7(15)19-3)8(16)20-4/h1-4H3. The van der Waals surface area contributed by atoms with Crippen molar-refractivity contribution in [2.75, 3.05) is 28.4 Å². The van der Waals surface area contributed by atoms with Gasteiger partial charge >= 0.3 is 23.9 Å². The van der Waals surface area contributed by atoms with Crippen molar-refractivity contribution in [3.8, 4) is 0 Å². The molecule has 0 fully saturated rings. The summed E-state index contributed by atoms with van der Waals surface area (Å²) < 4.78 is 13.2. The third-order valence-corrected chi connectivity index (χ3v) is 8.11. The fourth-order valence-corrected chi connectivity index (χ4v) is 6.94. The molecule has 0 spiro atoms. The van der Waals surface area contributed by atoms with Crippen molar-refractivity contribution in [1.82, 2.24) is 0 Å². The molecule has 0 aliphatic rings. The molecule has 0 saturated carbocycles. The van der Waals surface area contributed by atoms with Gasteiger partial charge in [0.2, 0.25) is 0 Å². The average Bonchev–Trinajstić information content (AvgIpc) is 2.57. The Morgan fingerprint density at radius 1 is 0.652 bits per heavy atom. The van der Waals surface area contributed by atoms with Crippen molar-refractivity contribution in [1.29, 1.82) is 0 Å². The van der Waals surface area contributed by atoms with Crippen LogP contribution in [0.25, 0.3) is 0 Å². The molecule has 23 heavy (non-hydrogen) atoms. The van der Waals surface area contributed by atoms with Crippen LogP contribution in [0.2, 0.25) is 0 Å². The van der Waals surface area contributed by atoms with Crippen LogP contribution in [0.4, 0.5) is 0 Å². The highest BCUT2D eigenvalue weighted by Crippen LogP contribution is 2.53. The summed E-state index contributed by atoms with van der Waals surface area (Å²) >= 11 is 11.8. The lowest BCUT2D eigenvalue weighted by atomic mass is 10.4. The van der Waals surface area contributed by atoms with E-state index in [-0.39, 0.29) is 0 Å². The highest BCUT2D eigenvalue weighted by Gasteiger charge is 2.52. The topological polar surface area (TPSA) is 105 Å². The predicted molar refractivity (Wildman–Crippen MR) is 88.0 cm³/mol. The zero-order valence-electron chi connectivity index (χ0n) is 12.2. The summed E-state index contributed by atoms with van der Waals surface area (Å²) in [4.78, 5) is 46.6. The number of methoxy groups -OCH3 is 4. The van der Waals surface area contributed by atoms with Crippen LogP contribution in [0.15, 0.2) is 0 Å². The number of hydrogen-bond donors (Lipinski definition) is 0. The summed E-state index contributed by atoms with van der Waals surface area (Å²) in [5, 5.41) is 0. The molecule has 0 aliphatic heterocycles. The molecule has 0 aromatic heterocycles. The molecule has 0 atom stereocenters. The molecule has 0 rings (SSSR count). The summed E-state index contributed by atoms with van der Waals surface area (Å²) in [6.45, 7) is 0. The molecular formula is C10H12Cl2O8S3. The second-order valence-electron chi connectivity index (χ2n) is 3.39. The van der Waals surface area contributed by atoms with Crippen molar-refractivity contribution in [2.24, 2.45) is 0 Å². The van der Waals surface area contributed by atoms with Gasteiger partial charge in [0.05, 0.1) is 28.4 Å². The fraction of sp³-hybridized carbons (Fsp3) is 0.600. The average molecular weight is 427 g/mol. The Morgan fingerprint density at radius 3 is 1.04 bits per heavy atom. The Bertz CT molecular complexity index is 413. The van der Waals surface area contributed by atoms with E-state index in [2.05, 4.69) is 18.9 Å². The predicted octanol–water partition coefficient (Wildman–Crippen LogP) is 1.58. The first-order valence-corrected chi connectivity index (χ1v) is 9.62. The molecular weight excluding hydrogens is 415 g/mol. The van der Waals surface area contributed by atoms with E-state index in [1.807, 2.05) is 0 Å². The SMILES string of the molecule is COC(=O)C(Cl)(SSSC(Cl)(C(=O)OC)C(=O)OC)C(=O)OC. The Labute approximate surface area is 153 Å². The van der Waals surface area contributed by atoms with Crippen LogP contribution in [0.1, 0.15) is 0 Å². The minimum Gasteiger partial charge on any atom is -0.467 e. The molecule has 0 saturated heterocycles. The molecule has 0 radical (unpaired) electrons. The molecule has 0 aliphatic carbocycles. The molecule has 132 valence electrons. The highest BCUT2D eigenvalue weighted by atomic mass is 35.5. The van der Waals surface area contributed by atoms with Gasteiger partial charge in [-0.25, -0.2) is 19.2 Å². The van der Waals surface area contributed by atoms with E-state index >= 15 is 0 Å². The fourth-order valence-electron chi connectivity index (χ4n) is 0.939. The first-order valence-electron chi connectivity index (χ1n) is 5.39. The summed E-state index contributed by atoms with van der Waals surface area (Å²) in [6, 6.07) is 0. The lowest BCUT2D eigenvalue weighted by Gasteiger charge is -2.22. The van der Waals surface area contributed by atoms with Gasteiger partial charge in [-0.15, -0.1) is 0 Å². The molecule has 0 heterocycles. The van der Waals surface area contributed by atoms with E-state index in [4.69, 9.17) is 23.2 Å². The second kappa shape index (κ2) is 9.72. The number of esters is 4. The van der Waals surface area contributed by atoms with Crippen LogP contribution >= 0.6 is 54.6 Å². The summed E-state index contributed by atoms with van der Waals surface area (Å²) in [6.07, 6.45) is 0. The zero-order valence-corrected chi connectivity index (χ0v) is 16.2. The Morgan fingerprint density at radius 2 is 0.870 bits per heavy atom. The Kier molecular flexibility index (Phi) is 9.51. The van der Waals surface area contributed by atoms with Gasteiger partial charge in [-0.2, -0.15) is 0 Å². The third-order valence-electron chi connectivity index (χ3n) is 2.09. The number of rotatable bonds is 8. The van der Waals surface area contributed by atoms with Crippen LogP contribution in [-0.2, 0) is 38.1 Å². The van der Waals surface area contributed by atoms with Crippen LogP contribution in [0, 0.1) is 0 Å². The third kappa shape index (κ3) is 5.24. The first-order chi connectivity index (χ1) is 10.6. The van der Waals surface area contributed by atoms with Gasteiger partial charge in [0.25, 0.3) is 8.41 Å². The van der Waals surface area contributed by atoms with Gasteiger partial charge in [-0.1, -0.05) is 23.2 Å². The second-order valence-corrected chi connectivity index (χ2v) is 9.30. The number of halogens is 2. The van der Waals surface area contributed by atoms with Crippen molar-refractivity contribution < 1.29 is 38.1 Å². The van der Waals surface area contributed by atoms with Gasteiger partial charge in [0.1, 0.15) is 0 Å². The van der Waals surface area contributed by atoms with Crippen molar-refractivity contribution in [2.45, 2.75) is 8.41 Å². The van der Waals surface area contributed by atoms with Crippen LogP contribution in [-0.4, -0.2) is 60.7 Å². The molecule has 0 aromatic carbocycles. The summed E-state index contributed by atoms with van der Waals surface area (Å²) in [5.74, 6) is -4.39. The number of hydrogen-bond acceptors (Lipinski definition) is 11. The van der Waals surface area contributed by atoms with E-state index < -0.39 is 32.3 Å². The zero-order chi connectivity index (χ0) is 18.3. The maximum Gasteiger partial charge on any atom is 0.350 e.